The summed E-state index contributed by atoms with van der Waals surface area (Å²) in [6.45, 7) is 14.2. The van der Waals surface area contributed by atoms with Crippen LogP contribution in [0.3, 0.4) is 0 Å². The summed E-state index contributed by atoms with van der Waals surface area (Å²) < 4.78 is 19.0. The second-order valence-electron chi connectivity index (χ2n) is 8.05. The molecule has 33 heavy (non-hydrogen) atoms. The third-order valence-electron chi connectivity index (χ3n) is 5.60. The molecule has 3 rings (SSSR count). The third kappa shape index (κ3) is 6.99. The van der Waals surface area contributed by atoms with E-state index >= 15 is 0 Å². The molecule has 2 N–H and O–H groups in total. The normalized spacial score (nSPS) is 15.0. The number of guanidine groups is 1. The molecule has 0 spiro atoms. The van der Waals surface area contributed by atoms with Crippen molar-refractivity contribution in [2.45, 2.75) is 66.8 Å². The number of nitrogens with one attached hydrogen (secondary N) is 2. The fourth-order valence-corrected chi connectivity index (χ4v) is 3.96. The highest BCUT2D eigenvalue weighted by molar-refractivity contribution is 14.0. The van der Waals surface area contributed by atoms with Gasteiger partial charge in [-0.05, 0) is 46.8 Å². The smallest absolute Gasteiger partial charge is 0.191 e. The SMILES string of the molecule is CCNC(=NCc1cc2c(cc1OCC)CC(C)O2)NCc1c(C)nn(CCOC)c1C.I. The highest BCUT2D eigenvalue weighted by atomic mass is 127. The lowest BCUT2D eigenvalue weighted by Crippen LogP contribution is -2.37. The van der Waals surface area contributed by atoms with Gasteiger partial charge in [0.05, 0.1) is 32.0 Å². The number of aromatic nitrogens is 2. The van der Waals surface area contributed by atoms with Gasteiger partial charge >= 0.3 is 0 Å². The van der Waals surface area contributed by atoms with Gasteiger partial charge in [-0.15, -0.1) is 24.0 Å². The Balaban J connectivity index is 0.00000385. The van der Waals surface area contributed by atoms with Gasteiger partial charge in [0.2, 0.25) is 0 Å². The molecular weight excluding hydrogens is 533 g/mol. The molecule has 1 aromatic carbocycles. The van der Waals surface area contributed by atoms with Crippen molar-refractivity contribution in [1.82, 2.24) is 20.4 Å². The maximum Gasteiger partial charge on any atom is 0.191 e. The Kier molecular flexibility index (Phi) is 10.7. The minimum absolute atomic E-state index is 0. The second-order valence-corrected chi connectivity index (χ2v) is 8.05. The van der Waals surface area contributed by atoms with Crippen molar-refractivity contribution >= 4 is 29.9 Å². The average molecular weight is 572 g/mol. The predicted octanol–water partition coefficient (Wildman–Crippen LogP) is 3.74. The van der Waals surface area contributed by atoms with Crippen molar-refractivity contribution in [1.29, 1.82) is 0 Å². The van der Waals surface area contributed by atoms with Crippen molar-refractivity contribution in [3.63, 3.8) is 0 Å². The Morgan fingerprint density at radius 2 is 2.06 bits per heavy atom. The summed E-state index contributed by atoms with van der Waals surface area (Å²) in [5, 5.41) is 11.4. The summed E-state index contributed by atoms with van der Waals surface area (Å²) in [7, 11) is 1.71. The summed E-state index contributed by atoms with van der Waals surface area (Å²) in [6, 6.07) is 4.18. The van der Waals surface area contributed by atoms with Crippen molar-refractivity contribution in [3.8, 4) is 11.5 Å². The molecule has 0 radical (unpaired) electrons. The second kappa shape index (κ2) is 13.0. The molecule has 1 aliphatic rings. The molecule has 1 aromatic heterocycles. The highest BCUT2D eigenvalue weighted by Gasteiger charge is 2.22. The van der Waals surface area contributed by atoms with Crippen LogP contribution >= 0.6 is 24.0 Å². The number of rotatable bonds is 10. The van der Waals surface area contributed by atoms with E-state index in [-0.39, 0.29) is 30.1 Å². The van der Waals surface area contributed by atoms with Crippen molar-refractivity contribution in [2.75, 3.05) is 26.9 Å². The van der Waals surface area contributed by atoms with Crippen LogP contribution in [0.15, 0.2) is 17.1 Å². The van der Waals surface area contributed by atoms with Crippen LogP contribution in [-0.2, 0) is 30.8 Å². The lowest BCUT2D eigenvalue weighted by atomic mass is 10.1. The number of hydrogen-bond donors (Lipinski definition) is 2. The zero-order valence-corrected chi connectivity index (χ0v) is 23.0. The van der Waals surface area contributed by atoms with Gasteiger partial charge in [0.15, 0.2) is 5.96 Å². The first kappa shape index (κ1) is 27.2. The molecule has 0 fully saturated rings. The molecule has 1 aliphatic heterocycles. The number of aryl methyl sites for hydroxylation is 1. The van der Waals surface area contributed by atoms with E-state index in [0.29, 0.717) is 26.3 Å². The fraction of sp³-hybridized carbons (Fsp3) is 0.583. The molecule has 2 aromatic rings. The Hall–Kier alpha value is -2.01. The van der Waals surface area contributed by atoms with Crippen LogP contribution in [0.1, 0.15) is 48.8 Å². The van der Waals surface area contributed by atoms with E-state index in [0.717, 1.165) is 53.9 Å². The van der Waals surface area contributed by atoms with E-state index in [1.807, 2.05) is 18.5 Å². The number of methoxy groups -OCH3 is 1. The summed E-state index contributed by atoms with van der Waals surface area (Å²) in [5.74, 6) is 2.58. The molecule has 0 amide bonds. The van der Waals surface area contributed by atoms with Crippen LogP contribution in [0.2, 0.25) is 0 Å². The van der Waals surface area contributed by atoms with Crippen molar-refractivity contribution < 1.29 is 14.2 Å². The highest BCUT2D eigenvalue weighted by Crippen LogP contribution is 2.35. The zero-order valence-electron chi connectivity index (χ0n) is 20.7. The number of hydrogen-bond acceptors (Lipinski definition) is 5. The van der Waals surface area contributed by atoms with Gasteiger partial charge in [-0.1, -0.05) is 0 Å². The maximum absolute atomic E-state index is 5.94. The molecule has 8 nitrogen and oxygen atoms in total. The number of nitrogens with zero attached hydrogens (tertiary/aromatic N) is 3. The molecule has 0 bridgehead atoms. The maximum atomic E-state index is 5.94. The van der Waals surface area contributed by atoms with Gasteiger partial charge in [-0.25, -0.2) is 4.99 Å². The number of fused-ring (bicyclic) bond motifs is 1. The quantitative estimate of drug-likeness (QED) is 0.257. The molecule has 1 unspecified atom stereocenters. The summed E-state index contributed by atoms with van der Waals surface area (Å²) in [4.78, 5) is 4.81. The first-order valence-corrected chi connectivity index (χ1v) is 11.5. The Bertz CT molecular complexity index is 945. The lowest BCUT2D eigenvalue weighted by molar-refractivity contribution is 0.182. The average Bonchev–Trinajstić information content (AvgIpc) is 3.26. The van der Waals surface area contributed by atoms with Gasteiger partial charge < -0.3 is 24.8 Å². The van der Waals surface area contributed by atoms with Crippen LogP contribution in [0.5, 0.6) is 11.5 Å². The number of halogens is 1. The first-order chi connectivity index (χ1) is 15.5. The van der Waals surface area contributed by atoms with Gasteiger partial charge in [0.25, 0.3) is 0 Å². The summed E-state index contributed by atoms with van der Waals surface area (Å²) in [5.41, 5.74) is 5.57. The molecule has 2 heterocycles. The summed E-state index contributed by atoms with van der Waals surface area (Å²) >= 11 is 0. The number of ether oxygens (including phenoxy) is 3. The first-order valence-electron chi connectivity index (χ1n) is 11.5. The Labute approximate surface area is 214 Å². The van der Waals surface area contributed by atoms with Gasteiger partial charge in [-0.3, -0.25) is 4.68 Å². The topological polar surface area (TPSA) is 81.9 Å². The van der Waals surface area contributed by atoms with Gasteiger partial charge in [-0.2, -0.15) is 5.10 Å². The van der Waals surface area contributed by atoms with Crippen LogP contribution in [0, 0.1) is 13.8 Å². The fourth-order valence-electron chi connectivity index (χ4n) is 3.96. The predicted molar refractivity (Wildman–Crippen MR) is 142 cm³/mol. The third-order valence-corrected chi connectivity index (χ3v) is 5.60. The molecule has 184 valence electrons. The molecule has 0 saturated heterocycles. The van der Waals surface area contributed by atoms with Crippen molar-refractivity contribution in [2.24, 2.45) is 4.99 Å². The standard InChI is InChI=1S/C24H37N5O3.HI/c1-7-25-24(27-15-21-17(4)28-29(18(21)5)9-10-30-6)26-14-20-13-23-19(11-16(3)32-23)12-22(20)31-8-2;/h12-13,16H,7-11,14-15H2,1-6H3,(H2,25,26,27);1H. The van der Waals surface area contributed by atoms with Crippen molar-refractivity contribution in [3.05, 3.63) is 40.2 Å². The number of benzene rings is 1. The molecule has 0 saturated carbocycles. The molecule has 0 aliphatic carbocycles. The monoisotopic (exact) mass is 571 g/mol. The van der Waals surface area contributed by atoms with Crippen LogP contribution < -0.4 is 20.1 Å². The van der Waals surface area contributed by atoms with E-state index in [1.54, 1.807) is 7.11 Å². The van der Waals surface area contributed by atoms with E-state index in [9.17, 15) is 0 Å². The minimum atomic E-state index is 0. The molecule has 1 atom stereocenters. The molecular formula is C24H38IN5O3. The Morgan fingerprint density at radius 3 is 2.76 bits per heavy atom. The van der Waals surface area contributed by atoms with Gasteiger partial charge in [0.1, 0.15) is 17.6 Å². The van der Waals surface area contributed by atoms with E-state index < -0.39 is 0 Å². The zero-order chi connectivity index (χ0) is 23.1. The minimum Gasteiger partial charge on any atom is -0.494 e. The van der Waals surface area contributed by atoms with E-state index in [4.69, 9.17) is 19.2 Å². The number of aliphatic imine (C=N–C) groups is 1. The Morgan fingerprint density at radius 1 is 1.27 bits per heavy atom. The largest absolute Gasteiger partial charge is 0.494 e. The van der Waals surface area contributed by atoms with E-state index in [2.05, 4.69) is 48.6 Å². The van der Waals surface area contributed by atoms with Crippen LogP contribution in [0.4, 0.5) is 0 Å². The van der Waals surface area contributed by atoms with Crippen LogP contribution in [0.25, 0.3) is 0 Å². The van der Waals surface area contributed by atoms with Gasteiger partial charge in [0, 0.05) is 49.0 Å². The van der Waals surface area contributed by atoms with E-state index in [1.165, 1.54) is 11.1 Å². The van der Waals surface area contributed by atoms with Crippen LogP contribution in [-0.4, -0.2) is 48.7 Å². The molecule has 9 heteroatoms. The summed E-state index contributed by atoms with van der Waals surface area (Å²) in [6.07, 6.45) is 1.12. The lowest BCUT2D eigenvalue weighted by Gasteiger charge is -2.14.